The van der Waals surface area contributed by atoms with E-state index in [1.165, 1.54) is 11.9 Å². The Hall–Kier alpha value is -1.59. The predicted octanol–water partition coefficient (Wildman–Crippen LogP) is 2.74. The molecule has 1 aromatic carbocycles. The summed E-state index contributed by atoms with van der Waals surface area (Å²) in [7, 11) is 0. The van der Waals surface area contributed by atoms with E-state index in [1.54, 1.807) is 0 Å². The number of hydrogen-bond acceptors (Lipinski definition) is 5. The van der Waals surface area contributed by atoms with Crippen LogP contribution < -0.4 is 21.5 Å². The van der Waals surface area contributed by atoms with Gasteiger partial charge < -0.3 is 21.5 Å². The van der Waals surface area contributed by atoms with Crippen LogP contribution >= 0.6 is 11.9 Å². The lowest BCUT2D eigenvalue weighted by molar-refractivity contribution is 1.14. The summed E-state index contributed by atoms with van der Waals surface area (Å²) in [6.07, 6.45) is 0. The highest BCUT2D eigenvalue weighted by molar-refractivity contribution is 8.01. The summed E-state index contributed by atoms with van der Waals surface area (Å²) in [6.45, 7) is 10.4. The molecule has 0 saturated carbocycles. The van der Waals surface area contributed by atoms with Crippen LogP contribution in [0.5, 0.6) is 0 Å². The molecule has 0 amide bonds. The molecule has 0 spiro atoms. The van der Waals surface area contributed by atoms with Gasteiger partial charge in [0.05, 0.1) is 6.67 Å². The number of anilines is 1. The van der Waals surface area contributed by atoms with Gasteiger partial charge >= 0.3 is 0 Å². The highest BCUT2D eigenvalue weighted by Crippen LogP contribution is 2.23. The fourth-order valence-corrected chi connectivity index (χ4v) is 2.00. The minimum absolute atomic E-state index is 0.408. The maximum absolute atomic E-state index is 5.72. The zero-order valence-electron chi connectivity index (χ0n) is 11.7. The Bertz CT molecular complexity index is 490. The van der Waals surface area contributed by atoms with Crippen LogP contribution in [0.3, 0.4) is 0 Å². The van der Waals surface area contributed by atoms with Crippen LogP contribution in [0.2, 0.25) is 0 Å². The largest absolute Gasteiger partial charge is 0.402 e. The second-order valence-corrected chi connectivity index (χ2v) is 5.35. The van der Waals surface area contributed by atoms with E-state index in [1.807, 2.05) is 32.0 Å². The third-order valence-corrected chi connectivity index (χ3v) is 3.73. The highest BCUT2D eigenvalue weighted by Gasteiger charge is 2.05. The average molecular weight is 278 g/mol. The van der Waals surface area contributed by atoms with Gasteiger partial charge in [0.2, 0.25) is 0 Å². The Morgan fingerprint density at radius 2 is 2.05 bits per heavy atom. The third kappa shape index (κ3) is 4.54. The van der Waals surface area contributed by atoms with Gasteiger partial charge in [0.25, 0.3) is 0 Å². The summed E-state index contributed by atoms with van der Waals surface area (Å²) in [6, 6.07) is 6.08. The van der Waals surface area contributed by atoms with Crippen molar-refractivity contribution in [2.75, 3.05) is 12.0 Å². The van der Waals surface area contributed by atoms with Crippen molar-refractivity contribution in [2.24, 2.45) is 11.5 Å². The number of nitrogens with two attached hydrogens (primary N) is 2. The summed E-state index contributed by atoms with van der Waals surface area (Å²) in [4.78, 5) is 1.04. The van der Waals surface area contributed by atoms with E-state index in [0.29, 0.717) is 6.67 Å². The van der Waals surface area contributed by atoms with Crippen molar-refractivity contribution < 1.29 is 0 Å². The van der Waals surface area contributed by atoms with E-state index >= 15 is 0 Å². The van der Waals surface area contributed by atoms with Crippen molar-refractivity contribution >= 4 is 23.3 Å². The van der Waals surface area contributed by atoms with E-state index in [-0.39, 0.29) is 0 Å². The fourth-order valence-electron chi connectivity index (χ4n) is 1.45. The summed E-state index contributed by atoms with van der Waals surface area (Å²) in [5, 5.41) is 3.09. The van der Waals surface area contributed by atoms with Crippen LogP contribution in [0.1, 0.15) is 25.0 Å². The molecular formula is C14H22N4S. The monoisotopic (exact) mass is 278 g/mol. The van der Waals surface area contributed by atoms with Crippen molar-refractivity contribution in [3.8, 4) is 0 Å². The molecule has 104 valence electrons. The maximum atomic E-state index is 5.72. The smallest absolute Gasteiger partial charge is 0.0628 e. The van der Waals surface area contributed by atoms with Crippen LogP contribution in [-0.4, -0.2) is 6.67 Å². The number of rotatable bonds is 6. The van der Waals surface area contributed by atoms with Crippen molar-refractivity contribution in [3.63, 3.8) is 0 Å². The molecule has 0 atom stereocenters. The molecular weight excluding hydrogens is 256 g/mol. The second kappa shape index (κ2) is 7.11. The minimum atomic E-state index is 0.408. The molecule has 0 heterocycles. The normalized spacial score (nSPS) is 11.8. The molecule has 5 heteroatoms. The Morgan fingerprint density at radius 3 is 2.63 bits per heavy atom. The summed E-state index contributed by atoms with van der Waals surface area (Å²) in [5.41, 5.74) is 16.1. The van der Waals surface area contributed by atoms with Crippen LogP contribution in [0.15, 0.2) is 35.4 Å². The zero-order valence-corrected chi connectivity index (χ0v) is 12.5. The Morgan fingerprint density at radius 1 is 1.37 bits per heavy atom. The highest BCUT2D eigenvalue weighted by atomic mass is 32.2. The number of hydrogen-bond donors (Lipinski definition) is 4. The molecule has 0 radical (unpaired) electrons. The molecule has 0 unspecified atom stereocenters. The van der Waals surface area contributed by atoms with E-state index in [0.717, 1.165) is 33.1 Å². The minimum Gasteiger partial charge on any atom is -0.402 e. The molecule has 0 bridgehead atoms. The molecule has 0 fully saturated rings. The summed E-state index contributed by atoms with van der Waals surface area (Å²) >= 11 is 1.48. The summed E-state index contributed by atoms with van der Waals surface area (Å²) < 4.78 is 3.22. The van der Waals surface area contributed by atoms with Gasteiger partial charge in [0.1, 0.15) is 0 Å². The molecule has 6 N–H and O–H groups in total. The first-order chi connectivity index (χ1) is 8.95. The van der Waals surface area contributed by atoms with Crippen molar-refractivity contribution in [3.05, 3.63) is 46.5 Å². The van der Waals surface area contributed by atoms with Crippen molar-refractivity contribution in [1.29, 1.82) is 0 Å². The number of nitrogens with one attached hydrogen (secondary N) is 2. The van der Waals surface area contributed by atoms with Crippen LogP contribution in [0.4, 0.5) is 5.69 Å². The van der Waals surface area contributed by atoms with Gasteiger partial charge in [-0.15, -0.1) is 0 Å². The number of allylic oxidation sites excluding steroid dienone is 2. The number of aryl methyl sites for hydroxylation is 1. The quantitative estimate of drug-likeness (QED) is 0.475. The summed E-state index contributed by atoms with van der Waals surface area (Å²) in [5.74, 6) is 0. The van der Waals surface area contributed by atoms with Crippen LogP contribution in [0.25, 0.3) is 5.70 Å². The first kappa shape index (κ1) is 15.5. The molecule has 0 aliphatic heterocycles. The molecule has 0 aliphatic rings. The topological polar surface area (TPSA) is 76.1 Å². The van der Waals surface area contributed by atoms with Crippen LogP contribution in [-0.2, 0) is 0 Å². The Kier molecular flexibility index (Phi) is 5.79. The molecule has 0 saturated heterocycles. The van der Waals surface area contributed by atoms with Gasteiger partial charge in [-0.3, -0.25) is 0 Å². The third-order valence-electron chi connectivity index (χ3n) is 2.75. The second-order valence-electron chi connectivity index (χ2n) is 4.33. The lowest BCUT2D eigenvalue weighted by Crippen LogP contribution is -2.11. The Balaban J connectivity index is 2.81. The first-order valence-corrected chi connectivity index (χ1v) is 6.87. The predicted molar refractivity (Wildman–Crippen MR) is 86.2 cm³/mol. The van der Waals surface area contributed by atoms with Crippen molar-refractivity contribution in [1.82, 2.24) is 4.72 Å². The van der Waals surface area contributed by atoms with E-state index < -0.39 is 0 Å². The maximum Gasteiger partial charge on any atom is 0.0628 e. The standard InChI is InChI=1S/C14H22N4S/c1-9-5-6-13(17-8-15)7-14(9)11(3)18-19-12(4)10(2)16/h5-7,17-18H,3,8,15-16H2,1-2,4H3/b12-10-. The molecule has 0 aromatic heterocycles. The van der Waals surface area contributed by atoms with Gasteiger partial charge in [-0.05, 0) is 50.4 Å². The zero-order chi connectivity index (χ0) is 14.4. The molecule has 0 aliphatic carbocycles. The lowest BCUT2D eigenvalue weighted by atomic mass is 10.1. The molecule has 19 heavy (non-hydrogen) atoms. The first-order valence-electron chi connectivity index (χ1n) is 6.05. The van der Waals surface area contributed by atoms with Gasteiger partial charge in [0, 0.05) is 27.6 Å². The van der Waals surface area contributed by atoms with Crippen molar-refractivity contribution in [2.45, 2.75) is 20.8 Å². The van der Waals surface area contributed by atoms with Crippen LogP contribution in [0, 0.1) is 6.92 Å². The molecule has 1 rings (SSSR count). The Labute approximate surface area is 119 Å². The van der Waals surface area contributed by atoms with E-state index in [4.69, 9.17) is 11.5 Å². The lowest BCUT2D eigenvalue weighted by Gasteiger charge is -2.14. The fraction of sp³-hybridized carbons (Fsp3) is 0.286. The molecule has 1 aromatic rings. The van der Waals surface area contributed by atoms with Gasteiger partial charge in [-0.1, -0.05) is 12.6 Å². The van der Waals surface area contributed by atoms with Gasteiger partial charge in [-0.25, -0.2) is 0 Å². The van der Waals surface area contributed by atoms with Gasteiger partial charge in [0.15, 0.2) is 0 Å². The van der Waals surface area contributed by atoms with Gasteiger partial charge in [-0.2, -0.15) is 0 Å². The number of benzene rings is 1. The molecule has 4 nitrogen and oxygen atoms in total. The SMILES string of the molecule is C=C(NS/C(C)=C(/C)N)c1cc(NCN)ccc1C. The van der Waals surface area contributed by atoms with E-state index in [9.17, 15) is 0 Å². The van der Waals surface area contributed by atoms with E-state index in [2.05, 4.69) is 23.5 Å². The average Bonchev–Trinajstić information content (AvgIpc) is 2.37.